The molecule has 0 radical (unpaired) electrons. The smallest absolute Gasteiger partial charge is 0.303 e. The average Bonchev–Trinajstić information content (AvgIpc) is 2.63. The molecular formula is C13H24N2O2. The van der Waals surface area contributed by atoms with Gasteiger partial charge < -0.3 is 5.11 Å². The van der Waals surface area contributed by atoms with Gasteiger partial charge in [0.1, 0.15) is 0 Å². The van der Waals surface area contributed by atoms with E-state index in [0.717, 1.165) is 25.6 Å². The molecule has 2 unspecified atom stereocenters. The van der Waals surface area contributed by atoms with Crippen LogP contribution in [0.2, 0.25) is 0 Å². The first kappa shape index (κ1) is 12.8. The molecule has 0 aromatic carbocycles. The molecule has 0 aliphatic carbocycles. The molecule has 2 saturated heterocycles. The number of aliphatic carboxylic acids is 1. The summed E-state index contributed by atoms with van der Waals surface area (Å²) in [5.41, 5.74) is 0. The summed E-state index contributed by atoms with van der Waals surface area (Å²) in [7, 11) is 0. The van der Waals surface area contributed by atoms with Crippen LogP contribution in [0.3, 0.4) is 0 Å². The third-order valence-corrected chi connectivity index (χ3v) is 4.23. The molecule has 0 saturated carbocycles. The third kappa shape index (κ3) is 3.42. The fraction of sp³-hybridized carbons (Fsp3) is 0.923. The first-order valence-corrected chi connectivity index (χ1v) is 6.86. The van der Waals surface area contributed by atoms with Gasteiger partial charge in [-0.2, -0.15) is 0 Å². The van der Waals surface area contributed by atoms with Crippen LogP contribution >= 0.6 is 0 Å². The second-order valence-electron chi connectivity index (χ2n) is 5.46. The summed E-state index contributed by atoms with van der Waals surface area (Å²) in [6.45, 7) is 6.94. The van der Waals surface area contributed by atoms with Crippen molar-refractivity contribution in [3.63, 3.8) is 0 Å². The zero-order chi connectivity index (χ0) is 12.3. The monoisotopic (exact) mass is 240 g/mol. The van der Waals surface area contributed by atoms with Gasteiger partial charge in [-0.3, -0.25) is 14.6 Å². The lowest BCUT2D eigenvalue weighted by Crippen LogP contribution is -2.40. The predicted octanol–water partition coefficient (Wildman–Crippen LogP) is 1.41. The van der Waals surface area contributed by atoms with Crippen LogP contribution in [-0.2, 0) is 4.79 Å². The molecule has 2 atom stereocenters. The zero-order valence-corrected chi connectivity index (χ0v) is 10.8. The summed E-state index contributed by atoms with van der Waals surface area (Å²) in [6, 6.07) is 1.14. The highest BCUT2D eigenvalue weighted by molar-refractivity contribution is 5.66. The lowest BCUT2D eigenvalue weighted by atomic mass is 10.1. The Morgan fingerprint density at radius 3 is 2.88 bits per heavy atom. The van der Waals surface area contributed by atoms with Crippen molar-refractivity contribution in [2.75, 3.05) is 26.2 Å². The van der Waals surface area contributed by atoms with Crippen molar-refractivity contribution in [3.05, 3.63) is 0 Å². The molecule has 2 aliphatic heterocycles. The maximum absolute atomic E-state index is 10.6. The minimum Gasteiger partial charge on any atom is -0.481 e. The van der Waals surface area contributed by atoms with E-state index in [9.17, 15) is 4.79 Å². The Hall–Kier alpha value is -0.610. The molecule has 4 nitrogen and oxygen atoms in total. The molecule has 98 valence electrons. The van der Waals surface area contributed by atoms with Gasteiger partial charge in [0.25, 0.3) is 0 Å². The Morgan fingerprint density at radius 2 is 2.12 bits per heavy atom. The predicted molar refractivity (Wildman–Crippen MR) is 67.1 cm³/mol. The number of hydrogen-bond donors (Lipinski definition) is 1. The van der Waals surface area contributed by atoms with Crippen LogP contribution in [0, 0.1) is 0 Å². The Balaban J connectivity index is 1.85. The molecule has 2 fully saturated rings. The molecular weight excluding hydrogens is 216 g/mol. The highest BCUT2D eigenvalue weighted by Gasteiger charge is 2.30. The van der Waals surface area contributed by atoms with Gasteiger partial charge in [0.15, 0.2) is 0 Å². The standard InChI is InChI=1S/C13H24N2O2/c1-11(5-6-13(16)17)15-9-3-8-14-7-2-4-12(14)10-15/h11-12H,2-10H2,1H3,(H,16,17). The first-order valence-electron chi connectivity index (χ1n) is 6.86. The molecule has 0 amide bonds. The summed E-state index contributed by atoms with van der Waals surface area (Å²) in [4.78, 5) is 15.7. The van der Waals surface area contributed by atoms with E-state index in [1.807, 2.05) is 0 Å². The van der Waals surface area contributed by atoms with Crippen molar-refractivity contribution in [2.45, 2.75) is 51.1 Å². The van der Waals surface area contributed by atoms with Crippen molar-refractivity contribution >= 4 is 5.97 Å². The Labute approximate surface area is 104 Å². The Kier molecular flexibility index (Phi) is 4.40. The SMILES string of the molecule is CC(CCC(=O)O)N1CCCN2CCCC2C1. The van der Waals surface area contributed by atoms with E-state index in [1.54, 1.807) is 0 Å². The van der Waals surface area contributed by atoms with Gasteiger partial charge in [0.05, 0.1) is 0 Å². The molecule has 0 aromatic rings. The van der Waals surface area contributed by atoms with Crippen LogP contribution in [0.4, 0.5) is 0 Å². The van der Waals surface area contributed by atoms with Crippen molar-refractivity contribution in [1.82, 2.24) is 9.80 Å². The number of hydrogen-bond acceptors (Lipinski definition) is 3. The molecule has 2 heterocycles. The zero-order valence-electron chi connectivity index (χ0n) is 10.8. The minimum atomic E-state index is -0.672. The summed E-state index contributed by atoms with van der Waals surface area (Å²) in [5.74, 6) is -0.672. The first-order chi connectivity index (χ1) is 8.16. The van der Waals surface area contributed by atoms with Gasteiger partial charge >= 0.3 is 5.97 Å². The number of nitrogens with zero attached hydrogens (tertiary/aromatic N) is 2. The van der Waals surface area contributed by atoms with E-state index >= 15 is 0 Å². The summed E-state index contributed by atoms with van der Waals surface area (Å²) >= 11 is 0. The van der Waals surface area contributed by atoms with E-state index in [0.29, 0.717) is 12.5 Å². The van der Waals surface area contributed by atoms with Crippen LogP contribution in [-0.4, -0.2) is 59.1 Å². The minimum absolute atomic E-state index is 0.298. The molecule has 0 aromatic heterocycles. The highest BCUT2D eigenvalue weighted by Crippen LogP contribution is 2.23. The van der Waals surface area contributed by atoms with Crippen LogP contribution in [0.5, 0.6) is 0 Å². The summed E-state index contributed by atoms with van der Waals surface area (Å²) < 4.78 is 0. The fourth-order valence-electron chi connectivity index (χ4n) is 3.15. The van der Waals surface area contributed by atoms with Gasteiger partial charge in [0, 0.05) is 25.0 Å². The van der Waals surface area contributed by atoms with E-state index in [1.165, 1.54) is 32.4 Å². The summed E-state index contributed by atoms with van der Waals surface area (Å²) in [6.07, 6.45) is 4.96. The summed E-state index contributed by atoms with van der Waals surface area (Å²) in [5, 5.41) is 8.74. The van der Waals surface area contributed by atoms with E-state index in [-0.39, 0.29) is 0 Å². The normalized spacial score (nSPS) is 28.6. The van der Waals surface area contributed by atoms with E-state index in [4.69, 9.17) is 5.11 Å². The van der Waals surface area contributed by atoms with Crippen LogP contribution < -0.4 is 0 Å². The number of fused-ring (bicyclic) bond motifs is 1. The fourth-order valence-corrected chi connectivity index (χ4v) is 3.15. The second-order valence-corrected chi connectivity index (χ2v) is 5.46. The second kappa shape index (κ2) is 5.83. The molecule has 4 heteroatoms. The van der Waals surface area contributed by atoms with Crippen molar-refractivity contribution in [3.8, 4) is 0 Å². The quantitative estimate of drug-likeness (QED) is 0.807. The van der Waals surface area contributed by atoms with Gasteiger partial charge in [-0.25, -0.2) is 0 Å². The van der Waals surface area contributed by atoms with Gasteiger partial charge in [-0.15, -0.1) is 0 Å². The number of carboxylic acid groups (broad SMARTS) is 1. The maximum Gasteiger partial charge on any atom is 0.303 e. The maximum atomic E-state index is 10.6. The molecule has 17 heavy (non-hydrogen) atoms. The third-order valence-electron chi connectivity index (χ3n) is 4.23. The molecule has 0 bridgehead atoms. The topological polar surface area (TPSA) is 43.8 Å². The molecule has 0 spiro atoms. The van der Waals surface area contributed by atoms with Crippen molar-refractivity contribution in [1.29, 1.82) is 0 Å². The van der Waals surface area contributed by atoms with Crippen molar-refractivity contribution in [2.24, 2.45) is 0 Å². The Bertz CT molecular complexity index is 270. The lowest BCUT2D eigenvalue weighted by Gasteiger charge is -2.30. The number of carboxylic acids is 1. The lowest BCUT2D eigenvalue weighted by molar-refractivity contribution is -0.137. The van der Waals surface area contributed by atoms with E-state index in [2.05, 4.69) is 16.7 Å². The molecule has 2 aliphatic rings. The van der Waals surface area contributed by atoms with Crippen LogP contribution in [0.1, 0.15) is 39.0 Å². The molecule has 2 rings (SSSR count). The Morgan fingerprint density at radius 1 is 1.35 bits per heavy atom. The largest absolute Gasteiger partial charge is 0.481 e. The number of carbonyl (C=O) groups is 1. The van der Waals surface area contributed by atoms with Crippen LogP contribution in [0.25, 0.3) is 0 Å². The van der Waals surface area contributed by atoms with E-state index < -0.39 is 5.97 Å². The van der Waals surface area contributed by atoms with Gasteiger partial charge in [-0.1, -0.05) is 0 Å². The van der Waals surface area contributed by atoms with Gasteiger partial charge in [0.2, 0.25) is 0 Å². The van der Waals surface area contributed by atoms with Gasteiger partial charge in [-0.05, 0) is 52.2 Å². The molecule has 1 N–H and O–H groups in total. The van der Waals surface area contributed by atoms with Crippen LogP contribution in [0.15, 0.2) is 0 Å². The highest BCUT2D eigenvalue weighted by atomic mass is 16.4. The average molecular weight is 240 g/mol. The van der Waals surface area contributed by atoms with Crippen molar-refractivity contribution < 1.29 is 9.90 Å². The number of rotatable bonds is 4.